The van der Waals surface area contributed by atoms with E-state index in [1.54, 1.807) is 6.08 Å². The third kappa shape index (κ3) is 3.28. The summed E-state index contributed by atoms with van der Waals surface area (Å²) in [7, 11) is 0. The summed E-state index contributed by atoms with van der Waals surface area (Å²) in [6.45, 7) is 5.41. The molecule has 0 atom stereocenters. The highest BCUT2D eigenvalue weighted by atomic mass is 19.1. The number of aliphatic imine (C=N–C) groups is 1. The fourth-order valence-electron chi connectivity index (χ4n) is 1.83. The van der Waals surface area contributed by atoms with Crippen molar-refractivity contribution in [1.29, 1.82) is 0 Å². The molecular formula is C14H14F2N4. The fourth-order valence-corrected chi connectivity index (χ4v) is 1.83. The Hall–Kier alpha value is -2.50. The molecule has 0 saturated carbocycles. The SMILES string of the molecule is C=C(F)/C=C(\C=C1/CN=C(C)N1)c1cc(N)ncc1F. The summed E-state index contributed by atoms with van der Waals surface area (Å²) in [4.78, 5) is 7.79. The van der Waals surface area contributed by atoms with Crippen molar-refractivity contribution in [3.63, 3.8) is 0 Å². The molecule has 1 aliphatic rings. The molecule has 4 nitrogen and oxygen atoms in total. The number of nitrogens with two attached hydrogens (primary N) is 1. The zero-order valence-electron chi connectivity index (χ0n) is 11.0. The van der Waals surface area contributed by atoms with Gasteiger partial charge in [0.1, 0.15) is 17.5 Å². The van der Waals surface area contributed by atoms with Crippen LogP contribution in [-0.4, -0.2) is 17.4 Å². The Morgan fingerprint density at radius 2 is 2.30 bits per heavy atom. The van der Waals surface area contributed by atoms with Crippen LogP contribution in [0.4, 0.5) is 14.6 Å². The number of nitrogens with zero attached hydrogens (tertiary/aromatic N) is 2. The van der Waals surface area contributed by atoms with E-state index >= 15 is 0 Å². The van der Waals surface area contributed by atoms with E-state index in [-0.39, 0.29) is 11.4 Å². The van der Waals surface area contributed by atoms with E-state index in [1.807, 2.05) is 6.92 Å². The average Bonchev–Trinajstić information content (AvgIpc) is 2.76. The maximum absolute atomic E-state index is 13.8. The van der Waals surface area contributed by atoms with Crippen LogP contribution in [0.15, 0.2) is 47.5 Å². The van der Waals surface area contributed by atoms with E-state index in [1.165, 1.54) is 6.07 Å². The monoisotopic (exact) mass is 276 g/mol. The Morgan fingerprint density at radius 3 is 2.90 bits per heavy atom. The molecule has 0 aliphatic carbocycles. The highest BCUT2D eigenvalue weighted by molar-refractivity contribution is 5.85. The smallest absolute Gasteiger partial charge is 0.149 e. The van der Waals surface area contributed by atoms with Gasteiger partial charge in [0.25, 0.3) is 0 Å². The van der Waals surface area contributed by atoms with Gasteiger partial charge in [0.05, 0.1) is 18.6 Å². The number of rotatable bonds is 3. The number of nitrogen functional groups attached to an aromatic ring is 1. The van der Waals surface area contributed by atoms with Gasteiger partial charge < -0.3 is 11.1 Å². The number of hydrogen-bond donors (Lipinski definition) is 2. The molecule has 0 amide bonds. The molecule has 20 heavy (non-hydrogen) atoms. The zero-order valence-corrected chi connectivity index (χ0v) is 11.0. The summed E-state index contributed by atoms with van der Waals surface area (Å²) < 4.78 is 26.9. The maximum Gasteiger partial charge on any atom is 0.149 e. The van der Waals surface area contributed by atoms with Gasteiger partial charge in [-0.3, -0.25) is 4.99 Å². The van der Waals surface area contributed by atoms with Gasteiger partial charge in [-0.1, -0.05) is 6.58 Å². The van der Waals surface area contributed by atoms with Crippen molar-refractivity contribution in [3.8, 4) is 0 Å². The topological polar surface area (TPSA) is 63.3 Å². The van der Waals surface area contributed by atoms with Crippen LogP contribution < -0.4 is 11.1 Å². The molecule has 0 fully saturated rings. The highest BCUT2D eigenvalue weighted by Crippen LogP contribution is 2.24. The van der Waals surface area contributed by atoms with Gasteiger partial charge in [-0.15, -0.1) is 0 Å². The first kappa shape index (κ1) is 13.9. The van der Waals surface area contributed by atoms with Crippen LogP contribution in [0.25, 0.3) is 5.57 Å². The number of anilines is 1. The van der Waals surface area contributed by atoms with Gasteiger partial charge >= 0.3 is 0 Å². The molecule has 0 aromatic carbocycles. The Kier molecular flexibility index (Phi) is 3.93. The van der Waals surface area contributed by atoms with Crippen LogP contribution in [0, 0.1) is 5.82 Å². The lowest BCUT2D eigenvalue weighted by atomic mass is 10.0. The number of hydrogen-bond acceptors (Lipinski definition) is 4. The molecule has 6 heteroatoms. The van der Waals surface area contributed by atoms with Crippen LogP contribution in [0.2, 0.25) is 0 Å². The summed E-state index contributed by atoms with van der Waals surface area (Å²) in [6.07, 6.45) is 3.75. The van der Waals surface area contributed by atoms with Crippen LogP contribution in [0.1, 0.15) is 12.5 Å². The van der Waals surface area contributed by atoms with Crippen molar-refractivity contribution in [2.24, 2.45) is 4.99 Å². The Morgan fingerprint density at radius 1 is 1.55 bits per heavy atom. The van der Waals surface area contributed by atoms with Crippen LogP contribution >= 0.6 is 0 Å². The first-order valence-corrected chi connectivity index (χ1v) is 5.92. The Labute approximate surface area is 115 Å². The first-order valence-electron chi connectivity index (χ1n) is 5.92. The lowest BCUT2D eigenvalue weighted by molar-refractivity contribution is 0.618. The van der Waals surface area contributed by atoms with Gasteiger partial charge in [0.15, 0.2) is 0 Å². The number of amidine groups is 1. The minimum absolute atomic E-state index is 0.155. The van der Waals surface area contributed by atoms with Crippen LogP contribution in [0.5, 0.6) is 0 Å². The van der Waals surface area contributed by atoms with Gasteiger partial charge in [0, 0.05) is 11.3 Å². The van der Waals surface area contributed by atoms with E-state index < -0.39 is 11.6 Å². The predicted octanol–water partition coefficient (Wildman–Crippen LogP) is 2.58. The third-order valence-corrected chi connectivity index (χ3v) is 2.66. The molecule has 1 aliphatic heterocycles. The lowest BCUT2D eigenvalue weighted by Crippen LogP contribution is -2.13. The molecule has 0 saturated heterocycles. The van der Waals surface area contributed by atoms with Crippen molar-refractivity contribution in [2.45, 2.75) is 6.92 Å². The van der Waals surface area contributed by atoms with Crippen LogP contribution in [-0.2, 0) is 0 Å². The second-order valence-corrected chi connectivity index (χ2v) is 4.33. The molecular weight excluding hydrogens is 262 g/mol. The minimum atomic E-state index is -0.678. The number of pyridine rings is 1. The average molecular weight is 276 g/mol. The van der Waals surface area contributed by atoms with E-state index in [0.29, 0.717) is 12.1 Å². The zero-order chi connectivity index (χ0) is 14.7. The molecule has 1 aromatic rings. The van der Waals surface area contributed by atoms with E-state index in [0.717, 1.165) is 23.8 Å². The van der Waals surface area contributed by atoms with Crippen molar-refractivity contribution < 1.29 is 8.78 Å². The predicted molar refractivity (Wildman–Crippen MR) is 76.0 cm³/mol. The van der Waals surface area contributed by atoms with Crippen LogP contribution in [0.3, 0.4) is 0 Å². The summed E-state index contributed by atoms with van der Waals surface area (Å²) in [5.74, 6) is -0.354. The molecule has 104 valence electrons. The van der Waals surface area contributed by atoms with Crippen molar-refractivity contribution in [2.75, 3.05) is 12.3 Å². The molecule has 2 rings (SSSR count). The Bertz CT molecular complexity index is 645. The van der Waals surface area contributed by atoms with E-state index in [9.17, 15) is 8.78 Å². The molecule has 3 N–H and O–H groups in total. The summed E-state index contributed by atoms with van der Waals surface area (Å²) in [5.41, 5.74) is 6.77. The summed E-state index contributed by atoms with van der Waals surface area (Å²) in [6, 6.07) is 1.35. The number of allylic oxidation sites excluding steroid dienone is 4. The highest BCUT2D eigenvalue weighted by Gasteiger charge is 2.12. The number of nitrogens with one attached hydrogen (secondary N) is 1. The van der Waals surface area contributed by atoms with E-state index in [4.69, 9.17) is 5.73 Å². The number of halogens is 2. The van der Waals surface area contributed by atoms with Crippen molar-refractivity contribution >= 4 is 17.2 Å². The first-order chi connectivity index (χ1) is 9.45. The van der Waals surface area contributed by atoms with Gasteiger partial charge in [-0.2, -0.15) is 0 Å². The normalized spacial score (nSPS) is 17.1. The summed E-state index contributed by atoms with van der Waals surface area (Å²) in [5, 5.41) is 3.01. The molecule has 0 radical (unpaired) electrons. The second-order valence-electron chi connectivity index (χ2n) is 4.33. The molecule has 1 aromatic heterocycles. The molecule has 0 spiro atoms. The maximum atomic E-state index is 13.8. The fraction of sp³-hybridized carbons (Fsp3) is 0.143. The largest absolute Gasteiger partial charge is 0.384 e. The summed E-state index contributed by atoms with van der Waals surface area (Å²) >= 11 is 0. The Balaban J connectivity index is 2.44. The molecule has 0 bridgehead atoms. The van der Waals surface area contributed by atoms with Gasteiger partial charge in [-0.25, -0.2) is 13.8 Å². The number of aromatic nitrogens is 1. The standard InChI is InChI=1S/C14H14F2N4/c1-8(15)3-10(4-11-6-18-9(2)20-11)12-5-14(17)19-7-13(12)16/h3-5,7H,1,6H2,2H3,(H2,17,19)(H,18,20)/b10-3+,11-4+. The van der Waals surface area contributed by atoms with Crippen molar-refractivity contribution in [3.05, 3.63) is 53.9 Å². The van der Waals surface area contributed by atoms with Gasteiger partial charge in [0.2, 0.25) is 0 Å². The third-order valence-electron chi connectivity index (χ3n) is 2.66. The second kappa shape index (κ2) is 5.64. The van der Waals surface area contributed by atoms with Crippen molar-refractivity contribution in [1.82, 2.24) is 10.3 Å². The quantitative estimate of drug-likeness (QED) is 0.834. The molecule has 0 unspecified atom stereocenters. The lowest BCUT2D eigenvalue weighted by Gasteiger charge is -2.07. The van der Waals surface area contributed by atoms with Gasteiger partial charge in [-0.05, 0) is 30.7 Å². The molecule has 2 heterocycles. The van der Waals surface area contributed by atoms with E-state index in [2.05, 4.69) is 21.9 Å². The minimum Gasteiger partial charge on any atom is -0.384 e.